The molecule has 0 bridgehead atoms. The fourth-order valence-electron chi connectivity index (χ4n) is 3.61. The summed E-state index contributed by atoms with van der Waals surface area (Å²) in [7, 11) is 0. The molecule has 2 aliphatic heterocycles. The third-order valence-corrected chi connectivity index (χ3v) is 6.44. The monoisotopic (exact) mass is 444 g/mol. The Morgan fingerprint density at radius 2 is 2.03 bits per heavy atom. The molecule has 1 aromatic rings. The molecule has 0 spiro atoms. The number of hydrogen-bond acceptors (Lipinski definition) is 7. The molecule has 7 nitrogen and oxygen atoms in total. The molecular formula is C21H24N4O3S2. The number of ether oxygens (including phenoxy) is 1. The van der Waals surface area contributed by atoms with Gasteiger partial charge in [0.15, 0.2) is 0 Å². The maximum atomic E-state index is 13.1. The van der Waals surface area contributed by atoms with Gasteiger partial charge in [0.25, 0.3) is 11.5 Å². The topological polar surface area (TPSA) is 78.6 Å². The number of thiocarbonyl (C=S) groups is 1. The average Bonchev–Trinajstić information content (AvgIpc) is 3.00. The Bertz CT molecular complexity index is 1020. The van der Waals surface area contributed by atoms with Gasteiger partial charge in [0.2, 0.25) is 0 Å². The number of nitrogens with zero attached hydrogens (tertiary/aromatic N) is 4. The minimum Gasteiger partial charge on any atom is -0.378 e. The van der Waals surface area contributed by atoms with Gasteiger partial charge in [0, 0.05) is 31.7 Å². The molecule has 2 fully saturated rings. The number of rotatable bonds is 6. The third kappa shape index (κ3) is 4.08. The van der Waals surface area contributed by atoms with Gasteiger partial charge in [-0.15, -0.1) is 6.58 Å². The summed E-state index contributed by atoms with van der Waals surface area (Å²) in [6, 6.07) is 2.06. The van der Waals surface area contributed by atoms with Crippen molar-refractivity contribution in [2.45, 2.75) is 26.8 Å². The lowest BCUT2D eigenvalue weighted by atomic mass is 10.0. The number of thioether (sulfide) groups is 1. The second kappa shape index (κ2) is 9.60. The van der Waals surface area contributed by atoms with Crippen LogP contribution in [0.25, 0.3) is 6.08 Å². The number of anilines is 1. The van der Waals surface area contributed by atoms with Gasteiger partial charge in [0.05, 0.1) is 18.1 Å². The Kier molecular flexibility index (Phi) is 7.13. The summed E-state index contributed by atoms with van der Waals surface area (Å²) in [5.74, 6) is 0.541. The molecule has 1 amide bonds. The molecule has 0 saturated carbocycles. The lowest BCUT2D eigenvalue weighted by Crippen LogP contribution is -2.41. The van der Waals surface area contributed by atoms with Crippen molar-refractivity contribution in [2.75, 3.05) is 37.7 Å². The van der Waals surface area contributed by atoms with Crippen LogP contribution in [0.5, 0.6) is 0 Å². The van der Waals surface area contributed by atoms with E-state index >= 15 is 0 Å². The van der Waals surface area contributed by atoms with E-state index in [1.54, 1.807) is 23.6 Å². The summed E-state index contributed by atoms with van der Waals surface area (Å²) in [6.07, 6.45) is 4.15. The van der Waals surface area contributed by atoms with E-state index in [1.165, 1.54) is 16.7 Å². The Hall–Kier alpha value is -2.41. The van der Waals surface area contributed by atoms with Gasteiger partial charge in [-0.1, -0.05) is 37.0 Å². The Morgan fingerprint density at radius 3 is 2.63 bits per heavy atom. The van der Waals surface area contributed by atoms with Crippen molar-refractivity contribution in [3.05, 3.63) is 44.6 Å². The smallest absolute Gasteiger partial charge is 0.270 e. The van der Waals surface area contributed by atoms with E-state index < -0.39 is 0 Å². The van der Waals surface area contributed by atoms with Crippen LogP contribution in [-0.4, -0.2) is 52.5 Å². The number of nitriles is 1. The van der Waals surface area contributed by atoms with E-state index in [4.69, 9.17) is 17.0 Å². The maximum absolute atomic E-state index is 13.1. The molecule has 2 aliphatic rings. The average molecular weight is 445 g/mol. The van der Waals surface area contributed by atoms with Crippen molar-refractivity contribution in [1.29, 1.82) is 5.26 Å². The first kappa shape index (κ1) is 22.3. The van der Waals surface area contributed by atoms with Crippen molar-refractivity contribution in [3.63, 3.8) is 0 Å². The summed E-state index contributed by atoms with van der Waals surface area (Å²) in [5.41, 5.74) is 1.09. The van der Waals surface area contributed by atoms with Crippen molar-refractivity contribution < 1.29 is 9.53 Å². The van der Waals surface area contributed by atoms with Crippen LogP contribution in [0.15, 0.2) is 22.4 Å². The second-order valence-electron chi connectivity index (χ2n) is 6.99. The van der Waals surface area contributed by atoms with Gasteiger partial charge in [-0.3, -0.25) is 19.1 Å². The summed E-state index contributed by atoms with van der Waals surface area (Å²) in [6.45, 7) is 10.6. The summed E-state index contributed by atoms with van der Waals surface area (Å²) in [4.78, 5) is 30.0. The Balaban J connectivity index is 2.24. The number of aromatic nitrogens is 1. The van der Waals surface area contributed by atoms with Crippen LogP contribution >= 0.6 is 24.0 Å². The van der Waals surface area contributed by atoms with E-state index in [0.717, 1.165) is 12.2 Å². The molecule has 0 aromatic carbocycles. The summed E-state index contributed by atoms with van der Waals surface area (Å²) >= 11 is 6.57. The van der Waals surface area contributed by atoms with Crippen LogP contribution in [0.4, 0.5) is 5.82 Å². The van der Waals surface area contributed by atoms with E-state index in [9.17, 15) is 14.9 Å². The Labute approximate surface area is 185 Å². The molecule has 2 saturated heterocycles. The summed E-state index contributed by atoms with van der Waals surface area (Å²) in [5, 5.41) is 9.65. The molecule has 158 valence electrons. The SMILES string of the molecule is C=CCN1C(=O)/C(=C\c2c(C)c(C#N)c(=O)n(CCC)c2N2CCOCC2)SC1=S. The minimum atomic E-state index is -0.297. The number of amides is 1. The normalized spacial score (nSPS) is 18.2. The molecule has 0 atom stereocenters. The number of hydrogen-bond donors (Lipinski definition) is 0. The number of morpholine rings is 1. The third-order valence-electron chi connectivity index (χ3n) is 5.06. The van der Waals surface area contributed by atoms with Crippen LogP contribution in [0.1, 0.15) is 30.0 Å². The van der Waals surface area contributed by atoms with Gasteiger partial charge in [-0.25, -0.2) is 0 Å². The fourth-order valence-corrected chi connectivity index (χ4v) is 4.87. The van der Waals surface area contributed by atoms with Gasteiger partial charge in [-0.05, 0) is 25.0 Å². The van der Waals surface area contributed by atoms with Crippen LogP contribution in [0, 0.1) is 18.3 Å². The predicted molar refractivity (Wildman–Crippen MR) is 124 cm³/mol. The van der Waals surface area contributed by atoms with E-state index in [2.05, 4.69) is 17.5 Å². The van der Waals surface area contributed by atoms with Gasteiger partial charge in [-0.2, -0.15) is 5.26 Å². The van der Waals surface area contributed by atoms with Crippen molar-refractivity contribution in [1.82, 2.24) is 9.47 Å². The standard InChI is InChI=1S/C21H24N4O3S2/c1-4-6-24-18(23-8-10-28-11-9-23)15(14(3)16(13-22)19(24)26)12-17-20(27)25(7-5-2)21(29)30-17/h5,12H,2,4,6-11H2,1,3H3/b17-12+. The van der Waals surface area contributed by atoms with E-state index in [-0.39, 0.29) is 17.0 Å². The molecular weight excluding hydrogens is 420 g/mol. The summed E-state index contributed by atoms with van der Waals surface area (Å²) < 4.78 is 7.61. The first-order valence-electron chi connectivity index (χ1n) is 9.81. The predicted octanol–water partition coefficient (Wildman–Crippen LogP) is 2.66. The molecule has 3 rings (SSSR count). The zero-order valence-electron chi connectivity index (χ0n) is 17.1. The largest absolute Gasteiger partial charge is 0.378 e. The molecule has 9 heteroatoms. The molecule has 30 heavy (non-hydrogen) atoms. The second-order valence-corrected chi connectivity index (χ2v) is 8.66. The lowest BCUT2D eigenvalue weighted by molar-refractivity contribution is -0.121. The fraction of sp³-hybridized carbons (Fsp3) is 0.429. The van der Waals surface area contributed by atoms with Crippen LogP contribution in [0.2, 0.25) is 0 Å². The highest BCUT2D eigenvalue weighted by atomic mass is 32.2. The molecule has 3 heterocycles. The Morgan fingerprint density at radius 1 is 1.33 bits per heavy atom. The first-order chi connectivity index (χ1) is 14.4. The first-order valence-corrected chi connectivity index (χ1v) is 11.0. The zero-order chi connectivity index (χ0) is 21.8. The van der Waals surface area contributed by atoms with Crippen LogP contribution in [-0.2, 0) is 16.1 Å². The van der Waals surface area contributed by atoms with Gasteiger partial charge < -0.3 is 9.64 Å². The van der Waals surface area contributed by atoms with Gasteiger partial charge in [0.1, 0.15) is 21.8 Å². The highest BCUT2D eigenvalue weighted by Crippen LogP contribution is 2.36. The molecule has 0 N–H and O–H groups in total. The molecule has 0 aliphatic carbocycles. The minimum absolute atomic E-state index is 0.105. The highest BCUT2D eigenvalue weighted by Gasteiger charge is 2.32. The quantitative estimate of drug-likeness (QED) is 0.379. The number of carbonyl (C=O) groups excluding carboxylic acids is 1. The zero-order valence-corrected chi connectivity index (χ0v) is 18.8. The van der Waals surface area contributed by atoms with Crippen molar-refractivity contribution in [2.24, 2.45) is 0 Å². The van der Waals surface area contributed by atoms with Crippen molar-refractivity contribution in [3.8, 4) is 6.07 Å². The molecule has 0 radical (unpaired) electrons. The van der Waals surface area contributed by atoms with Crippen LogP contribution in [0.3, 0.4) is 0 Å². The number of pyridine rings is 1. The van der Waals surface area contributed by atoms with E-state index in [0.29, 0.717) is 59.7 Å². The highest BCUT2D eigenvalue weighted by molar-refractivity contribution is 8.26. The van der Waals surface area contributed by atoms with E-state index in [1.807, 2.05) is 6.92 Å². The molecule has 1 aromatic heterocycles. The van der Waals surface area contributed by atoms with Crippen molar-refractivity contribution >= 4 is 46.1 Å². The number of carbonyl (C=O) groups is 1. The lowest BCUT2D eigenvalue weighted by Gasteiger charge is -2.33. The maximum Gasteiger partial charge on any atom is 0.270 e. The van der Waals surface area contributed by atoms with Crippen LogP contribution < -0.4 is 10.5 Å². The van der Waals surface area contributed by atoms with Gasteiger partial charge >= 0.3 is 0 Å². The molecule has 0 unspecified atom stereocenters.